The molecule has 2 aromatic carbocycles. The van der Waals surface area contributed by atoms with E-state index in [4.69, 9.17) is 50.8 Å². The number of nitrogens with one attached hydrogen (secondary N) is 1. The summed E-state index contributed by atoms with van der Waals surface area (Å²) in [5, 5.41) is 41.8. The predicted octanol–water partition coefficient (Wildman–Crippen LogP) is 7.61. The lowest BCUT2D eigenvalue weighted by Crippen LogP contribution is -2.24. The van der Waals surface area contributed by atoms with Gasteiger partial charge in [0, 0.05) is 47.6 Å². The molecule has 0 unspecified atom stereocenters. The minimum Gasteiger partial charge on any atom is -0.478 e. The molecular formula is C47H46Cl2N14O3. The van der Waals surface area contributed by atoms with Gasteiger partial charge in [-0.15, -0.1) is 0 Å². The lowest BCUT2D eigenvalue weighted by molar-refractivity contribution is 0.0696. The minimum absolute atomic E-state index is 0. The molecule has 1 amide bonds. The molecule has 8 N–H and O–H groups in total. The van der Waals surface area contributed by atoms with Crippen molar-refractivity contribution in [1.82, 2.24) is 44.8 Å². The smallest absolute Gasteiger partial charge is 0.340 e. The van der Waals surface area contributed by atoms with Gasteiger partial charge in [-0.2, -0.15) is 20.7 Å². The van der Waals surface area contributed by atoms with Gasteiger partial charge in [0.05, 0.1) is 52.1 Å². The molecule has 17 nitrogen and oxygen atoms in total. The molecule has 336 valence electrons. The third kappa shape index (κ3) is 11.6. The second-order valence-corrected chi connectivity index (χ2v) is 15.6. The second-order valence-electron chi connectivity index (χ2n) is 14.8. The summed E-state index contributed by atoms with van der Waals surface area (Å²) in [7, 11) is 0. The summed E-state index contributed by atoms with van der Waals surface area (Å²) in [4.78, 5) is 40.6. The number of amides is 1. The van der Waals surface area contributed by atoms with Crippen molar-refractivity contribution in [3.05, 3.63) is 163 Å². The van der Waals surface area contributed by atoms with Crippen LogP contribution in [0.2, 0.25) is 10.0 Å². The lowest BCUT2D eigenvalue weighted by atomic mass is 10.1. The number of anilines is 2. The van der Waals surface area contributed by atoms with Crippen molar-refractivity contribution in [3.8, 4) is 12.1 Å². The number of hydrogen-bond acceptors (Lipinski definition) is 13. The molecule has 0 saturated carbocycles. The first-order chi connectivity index (χ1) is 31.1. The van der Waals surface area contributed by atoms with E-state index in [-0.39, 0.29) is 42.4 Å². The van der Waals surface area contributed by atoms with Gasteiger partial charge in [0.1, 0.15) is 29.3 Å². The molecule has 0 atom stereocenters. The fraction of sp³-hybridized carbons (Fsp3) is 0.191. The topological polar surface area (TPSA) is 279 Å². The number of nitriles is 2. The van der Waals surface area contributed by atoms with Crippen LogP contribution in [0.3, 0.4) is 0 Å². The van der Waals surface area contributed by atoms with Crippen LogP contribution in [0.25, 0.3) is 21.8 Å². The third-order valence-corrected chi connectivity index (χ3v) is 10.6. The molecule has 8 aromatic rings. The van der Waals surface area contributed by atoms with E-state index in [1.807, 2.05) is 82.3 Å². The normalized spacial score (nSPS) is 10.4. The van der Waals surface area contributed by atoms with Crippen LogP contribution < -0.4 is 22.5 Å². The largest absolute Gasteiger partial charge is 0.478 e. The Morgan fingerprint density at radius 1 is 0.697 bits per heavy atom. The van der Waals surface area contributed by atoms with Gasteiger partial charge in [-0.25, -0.2) is 24.1 Å². The number of carbonyl (C=O) groups is 2. The SMILES string of the molecule is C.Cc1cc(N)nc(C)c1CN.Cc1cc(N)nc(C)c1CNC(=O)c1cnn(Cc2ccc3ncc(Cl)cc3c2)c1C#N.N#Cc1c(C(=O)O)cnn1Cc1ccc2ncc(Cl)cc2c1. The molecule has 0 aliphatic rings. The van der Waals surface area contributed by atoms with Crippen molar-refractivity contribution in [1.29, 1.82) is 10.5 Å². The quantitative estimate of drug-likeness (QED) is 0.0932. The Balaban J connectivity index is 0.000000207. The average molecular weight is 926 g/mol. The van der Waals surface area contributed by atoms with Crippen molar-refractivity contribution >= 4 is 68.5 Å². The summed E-state index contributed by atoms with van der Waals surface area (Å²) < 4.78 is 2.87. The summed E-state index contributed by atoms with van der Waals surface area (Å²) in [6, 6.07) is 22.5. The molecule has 0 saturated heterocycles. The van der Waals surface area contributed by atoms with Crippen molar-refractivity contribution in [3.63, 3.8) is 0 Å². The van der Waals surface area contributed by atoms with Gasteiger partial charge >= 0.3 is 5.97 Å². The number of fused-ring (bicyclic) bond motifs is 2. The summed E-state index contributed by atoms with van der Waals surface area (Å²) in [5.74, 6) is -0.540. The highest BCUT2D eigenvalue weighted by Gasteiger charge is 2.19. The van der Waals surface area contributed by atoms with Crippen LogP contribution in [0.15, 0.2) is 85.5 Å². The first kappa shape index (κ1) is 49.1. The summed E-state index contributed by atoms with van der Waals surface area (Å²) >= 11 is 12.0. The number of nitrogen functional groups attached to an aromatic ring is 2. The maximum atomic E-state index is 12.8. The number of aromatic nitrogens is 8. The number of pyridine rings is 4. The Labute approximate surface area is 390 Å². The molecule has 6 heterocycles. The zero-order valence-electron chi connectivity index (χ0n) is 35.6. The Kier molecular flexibility index (Phi) is 16.1. The average Bonchev–Trinajstić information content (AvgIpc) is 3.86. The monoisotopic (exact) mass is 924 g/mol. The zero-order valence-corrected chi connectivity index (χ0v) is 37.1. The predicted molar refractivity (Wildman–Crippen MR) is 255 cm³/mol. The molecule has 19 heteroatoms. The molecule has 0 fully saturated rings. The third-order valence-electron chi connectivity index (χ3n) is 10.2. The minimum atomic E-state index is -1.17. The highest BCUT2D eigenvalue weighted by molar-refractivity contribution is 6.31. The number of nitrogens with zero attached hydrogens (tertiary/aromatic N) is 10. The zero-order chi connectivity index (χ0) is 46.9. The van der Waals surface area contributed by atoms with Crippen molar-refractivity contribution < 1.29 is 14.7 Å². The van der Waals surface area contributed by atoms with Crippen molar-refractivity contribution in [2.75, 3.05) is 11.5 Å². The number of rotatable bonds is 9. The molecule has 0 radical (unpaired) electrons. The fourth-order valence-electron chi connectivity index (χ4n) is 7.04. The van der Waals surface area contributed by atoms with Gasteiger partial charge in [-0.3, -0.25) is 14.8 Å². The van der Waals surface area contributed by atoms with Crippen LogP contribution in [0.4, 0.5) is 11.6 Å². The van der Waals surface area contributed by atoms with E-state index >= 15 is 0 Å². The number of aryl methyl sites for hydroxylation is 4. The molecule has 0 aliphatic carbocycles. The Hall–Kier alpha value is -7.96. The van der Waals surface area contributed by atoms with E-state index in [1.165, 1.54) is 21.8 Å². The van der Waals surface area contributed by atoms with Gasteiger partial charge < -0.3 is 27.6 Å². The van der Waals surface area contributed by atoms with Gasteiger partial charge in [-0.1, -0.05) is 42.8 Å². The number of carbonyl (C=O) groups excluding carboxylic acids is 1. The number of carboxylic acids is 1. The van der Waals surface area contributed by atoms with Crippen LogP contribution in [0.5, 0.6) is 0 Å². The Morgan fingerprint density at radius 3 is 1.59 bits per heavy atom. The lowest BCUT2D eigenvalue weighted by Gasteiger charge is -2.11. The van der Waals surface area contributed by atoms with Gasteiger partial charge in [0.2, 0.25) is 0 Å². The Morgan fingerprint density at radius 2 is 1.15 bits per heavy atom. The highest BCUT2D eigenvalue weighted by atomic mass is 35.5. The molecule has 0 spiro atoms. The second kappa shape index (κ2) is 21.6. The molecule has 6 aromatic heterocycles. The maximum absolute atomic E-state index is 12.8. The fourth-order valence-corrected chi connectivity index (χ4v) is 7.37. The standard InChI is InChI=1S/C23H20ClN7O.C15H9ClN4O2.C8H13N3.CH4/c1-13-5-22(26)30-14(2)18(13)10-28-23(32)19-11-29-31(21(19)8-25)12-15-3-4-20-16(6-15)7-17(24)9-27-20;16-11-4-10-3-9(1-2-13(10)18-6-11)8-20-14(5-17)12(7-19-20)15(21)22;1-5-3-8(10)11-6(2)7(5)4-9;/h3-7,9,11H,10,12H2,1-2H3,(H2,26,30)(H,28,32);1-4,6-7H,8H2,(H,21,22);3H,4,9H2,1-2H3,(H2,10,11);1H4. The summed E-state index contributed by atoms with van der Waals surface area (Å²) in [6.45, 7) is 9.10. The van der Waals surface area contributed by atoms with Crippen LogP contribution in [0.1, 0.15) is 84.3 Å². The van der Waals surface area contributed by atoms with Crippen LogP contribution in [-0.4, -0.2) is 56.5 Å². The number of carboxylic acid groups (broad SMARTS) is 1. The van der Waals surface area contributed by atoms with E-state index in [1.54, 1.807) is 24.5 Å². The van der Waals surface area contributed by atoms with E-state index in [0.717, 1.165) is 66.6 Å². The molecule has 8 rings (SSSR count). The number of aromatic carboxylic acids is 1. The summed E-state index contributed by atoms with van der Waals surface area (Å²) in [5.41, 5.74) is 26.3. The number of benzene rings is 2. The Bertz CT molecular complexity index is 3140. The molecule has 0 aliphatic heterocycles. The molecule has 0 bridgehead atoms. The molecule has 66 heavy (non-hydrogen) atoms. The number of halogens is 2. The van der Waals surface area contributed by atoms with Crippen LogP contribution >= 0.6 is 23.2 Å². The van der Waals surface area contributed by atoms with Crippen LogP contribution in [0, 0.1) is 50.4 Å². The van der Waals surface area contributed by atoms with E-state index in [2.05, 4.69) is 41.5 Å². The highest BCUT2D eigenvalue weighted by Crippen LogP contribution is 2.22. The number of hydrogen-bond donors (Lipinski definition) is 5. The van der Waals surface area contributed by atoms with Crippen molar-refractivity contribution in [2.45, 2.75) is 61.3 Å². The first-order valence-corrected chi connectivity index (χ1v) is 20.5. The van der Waals surface area contributed by atoms with Crippen LogP contribution in [-0.2, 0) is 26.2 Å². The van der Waals surface area contributed by atoms with Crippen molar-refractivity contribution in [2.24, 2.45) is 5.73 Å². The van der Waals surface area contributed by atoms with E-state index < -0.39 is 5.97 Å². The molecular weight excluding hydrogens is 880 g/mol. The van der Waals surface area contributed by atoms with Gasteiger partial charge in [0.25, 0.3) is 5.91 Å². The van der Waals surface area contributed by atoms with Gasteiger partial charge in [0.15, 0.2) is 11.4 Å². The van der Waals surface area contributed by atoms with E-state index in [0.29, 0.717) is 41.3 Å². The summed E-state index contributed by atoms with van der Waals surface area (Å²) in [6.07, 6.45) is 5.76. The van der Waals surface area contributed by atoms with Gasteiger partial charge in [-0.05, 0) is 110 Å². The first-order valence-electron chi connectivity index (χ1n) is 19.8. The maximum Gasteiger partial charge on any atom is 0.340 e. The number of nitrogens with two attached hydrogens (primary N) is 3. The van der Waals surface area contributed by atoms with E-state index in [9.17, 15) is 14.9 Å².